The Morgan fingerprint density at radius 1 is 1.06 bits per heavy atom. The van der Waals surface area contributed by atoms with Gasteiger partial charge in [0.1, 0.15) is 24.2 Å². The van der Waals surface area contributed by atoms with E-state index in [9.17, 15) is 9.90 Å². The summed E-state index contributed by atoms with van der Waals surface area (Å²) in [5.41, 5.74) is 2.21. The third-order valence-electron chi connectivity index (χ3n) is 5.71. The van der Waals surface area contributed by atoms with Gasteiger partial charge in [-0.1, -0.05) is 24.3 Å². The first-order valence-electron chi connectivity index (χ1n) is 11.6. The van der Waals surface area contributed by atoms with E-state index in [4.69, 9.17) is 14.2 Å². The van der Waals surface area contributed by atoms with Crippen LogP contribution in [0.3, 0.4) is 0 Å². The molecule has 0 unspecified atom stereocenters. The largest absolute Gasteiger partial charge is 0.504 e. The third-order valence-corrected chi connectivity index (χ3v) is 5.71. The van der Waals surface area contributed by atoms with E-state index in [1.165, 1.54) is 19.3 Å². The summed E-state index contributed by atoms with van der Waals surface area (Å²) >= 11 is 0. The molecule has 0 spiro atoms. The predicted octanol–water partition coefficient (Wildman–Crippen LogP) is 5.18. The fourth-order valence-corrected chi connectivity index (χ4v) is 3.81. The summed E-state index contributed by atoms with van der Waals surface area (Å²) in [6.07, 6.45) is 5.32. The second-order valence-electron chi connectivity index (χ2n) is 8.24. The van der Waals surface area contributed by atoms with Crippen LogP contribution in [0.5, 0.6) is 23.0 Å². The van der Waals surface area contributed by atoms with E-state index in [0.29, 0.717) is 23.6 Å². The topological polar surface area (TPSA) is 89.1 Å². The van der Waals surface area contributed by atoms with Crippen molar-refractivity contribution < 1.29 is 24.1 Å². The van der Waals surface area contributed by atoms with Crippen molar-refractivity contribution in [2.24, 2.45) is 0 Å². The molecular weight excluding hydrogens is 480 g/mol. The maximum absolute atomic E-state index is 12.5. The van der Waals surface area contributed by atoms with Crippen molar-refractivity contribution in [3.63, 3.8) is 0 Å². The minimum atomic E-state index is -0.285. The van der Waals surface area contributed by atoms with Gasteiger partial charge in [0, 0.05) is 17.3 Å². The van der Waals surface area contributed by atoms with Crippen molar-refractivity contribution in [1.82, 2.24) is 5.32 Å². The number of halogens is 1. The summed E-state index contributed by atoms with van der Waals surface area (Å²) in [5, 5.41) is 16.1. The Labute approximate surface area is 217 Å². The van der Waals surface area contributed by atoms with Crippen molar-refractivity contribution >= 4 is 30.1 Å². The van der Waals surface area contributed by atoms with Crippen LogP contribution >= 0.6 is 12.4 Å². The molecule has 7 nitrogen and oxygen atoms in total. The molecule has 36 heavy (non-hydrogen) atoms. The molecule has 0 aliphatic carbocycles. The van der Waals surface area contributed by atoms with Crippen LogP contribution < -0.4 is 24.8 Å². The predicted molar refractivity (Wildman–Crippen MR) is 143 cm³/mol. The summed E-state index contributed by atoms with van der Waals surface area (Å²) in [5.74, 6) is 1.68. The molecule has 190 valence electrons. The summed E-state index contributed by atoms with van der Waals surface area (Å²) in [6.45, 7) is 2.28. The van der Waals surface area contributed by atoms with Gasteiger partial charge in [0.2, 0.25) is 5.91 Å². The normalized spacial score (nSPS) is 13.6. The van der Waals surface area contributed by atoms with Gasteiger partial charge in [-0.05, 0) is 80.0 Å². The van der Waals surface area contributed by atoms with Crippen LogP contribution in [0, 0.1) is 0 Å². The number of phenols is 1. The number of methoxy groups -OCH3 is 1. The Hall–Kier alpha value is -3.68. The van der Waals surface area contributed by atoms with Crippen molar-refractivity contribution in [3.05, 3.63) is 83.9 Å². The van der Waals surface area contributed by atoms with E-state index in [0.717, 1.165) is 43.0 Å². The fraction of sp³-hybridized carbons (Fsp3) is 0.250. The van der Waals surface area contributed by atoms with Gasteiger partial charge in [-0.25, -0.2) is 0 Å². The first kappa shape index (κ1) is 26.9. The molecule has 1 aliphatic rings. The van der Waals surface area contributed by atoms with Gasteiger partial charge >= 0.3 is 0 Å². The van der Waals surface area contributed by atoms with Crippen molar-refractivity contribution in [3.8, 4) is 23.0 Å². The van der Waals surface area contributed by atoms with Gasteiger partial charge in [-0.15, -0.1) is 12.4 Å². The van der Waals surface area contributed by atoms with Gasteiger partial charge in [-0.3, -0.25) is 4.79 Å². The maximum Gasteiger partial charge on any atom is 0.248 e. The monoisotopic (exact) mass is 510 g/mol. The number of hydrogen-bond acceptors (Lipinski definition) is 6. The van der Waals surface area contributed by atoms with Crippen LogP contribution in [0.15, 0.2) is 72.8 Å². The molecule has 3 aromatic rings. The van der Waals surface area contributed by atoms with Crippen molar-refractivity contribution in [2.75, 3.05) is 25.5 Å². The van der Waals surface area contributed by atoms with Crippen LogP contribution in [0.4, 0.5) is 5.69 Å². The number of para-hydroxylation sites is 1. The lowest BCUT2D eigenvalue weighted by molar-refractivity contribution is -0.111. The Kier molecular flexibility index (Phi) is 10.0. The summed E-state index contributed by atoms with van der Waals surface area (Å²) < 4.78 is 17.0. The zero-order valence-electron chi connectivity index (χ0n) is 20.1. The molecule has 1 aliphatic heterocycles. The molecule has 3 aromatic carbocycles. The van der Waals surface area contributed by atoms with E-state index < -0.39 is 0 Å². The summed E-state index contributed by atoms with van der Waals surface area (Å²) in [7, 11) is 1.49. The zero-order valence-corrected chi connectivity index (χ0v) is 20.9. The second kappa shape index (κ2) is 13.4. The lowest BCUT2D eigenvalue weighted by Gasteiger charge is -2.23. The molecule has 1 fully saturated rings. The van der Waals surface area contributed by atoms with Gasteiger partial charge in [0.05, 0.1) is 7.11 Å². The van der Waals surface area contributed by atoms with Crippen LogP contribution in [-0.2, 0) is 11.4 Å². The minimum absolute atomic E-state index is 0. The number of ether oxygens (including phenoxy) is 3. The Bertz CT molecular complexity index is 1160. The number of piperidine rings is 1. The molecule has 0 atom stereocenters. The number of carbonyl (C=O) groups excluding carboxylic acids is 1. The Balaban J connectivity index is 0.00000361. The first-order chi connectivity index (χ1) is 17.1. The van der Waals surface area contributed by atoms with Crippen LogP contribution in [-0.4, -0.2) is 37.3 Å². The lowest BCUT2D eigenvalue weighted by Crippen LogP contribution is -2.34. The van der Waals surface area contributed by atoms with Crippen LogP contribution in [0.2, 0.25) is 0 Å². The molecule has 1 amide bonds. The van der Waals surface area contributed by atoms with Crippen LogP contribution in [0.25, 0.3) is 6.08 Å². The molecule has 0 saturated carbocycles. The smallest absolute Gasteiger partial charge is 0.248 e. The van der Waals surface area contributed by atoms with Gasteiger partial charge in [-0.2, -0.15) is 0 Å². The maximum atomic E-state index is 12.5. The number of rotatable bonds is 9. The van der Waals surface area contributed by atoms with E-state index in [1.807, 2.05) is 48.5 Å². The van der Waals surface area contributed by atoms with E-state index in [-0.39, 0.29) is 30.2 Å². The van der Waals surface area contributed by atoms with E-state index in [1.54, 1.807) is 18.2 Å². The average Bonchev–Trinajstić information content (AvgIpc) is 2.88. The number of aromatic hydroxyl groups is 1. The molecule has 1 heterocycles. The molecule has 1 saturated heterocycles. The highest BCUT2D eigenvalue weighted by molar-refractivity contribution is 6.02. The van der Waals surface area contributed by atoms with Gasteiger partial charge in [0.25, 0.3) is 0 Å². The number of amides is 1. The summed E-state index contributed by atoms with van der Waals surface area (Å²) in [4.78, 5) is 12.5. The molecule has 0 aromatic heterocycles. The molecule has 4 rings (SSSR count). The molecular formula is C28H31ClN2O5. The minimum Gasteiger partial charge on any atom is -0.504 e. The van der Waals surface area contributed by atoms with Crippen molar-refractivity contribution in [1.29, 1.82) is 0 Å². The third kappa shape index (κ3) is 7.66. The second-order valence-corrected chi connectivity index (χ2v) is 8.24. The number of nitrogens with one attached hydrogen (secondary N) is 2. The Morgan fingerprint density at radius 2 is 1.78 bits per heavy atom. The van der Waals surface area contributed by atoms with E-state index in [2.05, 4.69) is 10.6 Å². The summed E-state index contributed by atoms with van der Waals surface area (Å²) in [6, 6.07) is 20.1. The molecule has 3 N–H and O–H groups in total. The number of carbonyl (C=O) groups is 1. The van der Waals surface area contributed by atoms with Gasteiger partial charge in [0.15, 0.2) is 11.5 Å². The number of anilines is 1. The molecule has 0 radical (unpaired) electrons. The number of hydrogen-bond donors (Lipinski definition) is 3. The number of benzene rings is 3. The fourth-order valence-electron chi connectivity index (χ4n) is 3.81. The lowest BCUT2D eigenvalue weighted by atomic mass is 10.1. The van der Waals surface area contributed by atoms with Crippen LogP contribution in [0.1, 0.15) is 24.0 Å². The zero-order chi connectivity index (χ0) is 24.5. The highest BCUT2D eigenvalue weighted by Gasteiger charge is 2.14. The Morgan fingerprint density at radius 3 is 2.50 bits per heavy atom. The first-order valence-corrected chi connectivity index (χ1v) is 11.6. The van der Waals surface area contributed by atoms with Crippen molar-refractivity contribution in [2.45, 2.75) is 25.6 Å². The molecule has 0 bridgehead atoms. The highest BCUT2D eigenvalue weighted by Crippen LogP contribution is 2.27. The average molecular weight is 511 g/mol. The number of phenolic OH excluding ortho intramolecular Hbond substituents is 1. The SMILES string of the molecule is COc1ccc(C=CC(=O)Nc2ccccc2COc2ccc(OC3CCNCC3)cc2)cc1O.Cl. The quantitative estimate of drug-likeness (QED) is 0.343. The highest BCUT2D eigenvalue weighted by atomic mass is 35.5. The standard InChI is InChI=1S/C28H30N2O5.ClH/c1-33-27-12-6-20(18-26(27)31)7-13-28(32)30-25-5-3-2-4-21(25)19-34-22-8-10-23(11-9-22)35-24-14-16-29-17-15-24;/h2-13,18,24,29,31H,14-17,19H2,1H3,(H,30,32);1H. The van der Waals surface area contributed by atoms with Gasteiger partial charge < -0.3 is 30.0 Å². The van der Waals surface area contributed by atoms with E-state index >= 15 is 0 Å². The molecule has 8 heteroatoms.